The van der Waals surface area contributed by atoms with Crippen molar-refractivity contribution >= 4 is 42.4 Å². The quantitative estimate of drug-likeness (QED) is 0.382. The molecular formula is C26H34Cl2F2N4O5. The topological polar surface area (TPSA) is 84.4 Å². The molecule has 216 valence electrons. The number of likely N-dealkylation sites (N-methyl/N-ethyl adjacent to an activating group) is 1. The van der Waals surface area contributed by atoms with E-state index >= 15 is 0 Å². The molecule has 1 aliphatic heterocycles. The molecule has 1 unspecified atom stereocenters. The van der Waals surface area contributed by atoms with Crippen molar-refractivity contribution in [1.29, 1.82) is 0 Å². The number of rotatable bonds is 10. The van der Waals surface area contributed by atoms with Gasteiger partial charge in [-0.25, -0.2) is 9.78 Å². The molecule has 4 rings (SSSR count). The minimum absolute atomic E-state index is 0. The summed E-state index contributed by atoms with van der Waals surface area (Å²) in [5.41, 5.74) is 0.921. The zero-order valence-corrected chi connectivity index (χ0v) is 23.7. The summed E-state index contributed by atoms with van der Waals surface area (Å²) in [6.07, 6.45) is 2.13. The minimum atomic E-state index is -2.96. The number of nitrogens with zero attached hydrogens (tertiary/aromatic N) is 4. The molecule has 9 nitrogen and oxygen atoms in total. The minimum Gasteiger partial charge on any atom is -0.489 e. The van der Waals surface area contributed by atoms with E-state index in [1.807, 2.05) is 23.8 Å². The average molecular weight is 591 g/mol. The van der Waals surface area contributed by atoms with E-state index in [9.17, 15) is 18.4 Å². The lowest BCUT2D eigenvalue weighted by Crippen LogP contribution is -2.56. The second-order valence-corrected chi connectivity index (χ2v) is 9.31. The number of hydrogen-bond acceptors (Lipinski definition) is 8. The molecule has 1 saturated heterocycles. The fourth-order valence-corrected chi connectivity index (χ4v) is 3.96. The molecule has 2 heterocycles. The van der Waals surface area contributed by atoms with Crippen molar-refractivity contribution in [2.24, 2.45) is 5.92 Å². The highest BCUT2D eigenvalue weighted by Gasteiger charge is 2.33. The van der Waals surface area contributed by atoms with E-state index in [0.717, 1.165) is 18.5 Å². The van der Waals surface area contributed by atoms with Crippen LogP contribution >= 0.6 is 24.8 Å². The standard InChI is InChI=1S/C26H32F2N4O5.2ClH/c1-4-30(2)24(33)19-6-5-7-23(29-19)37-25(34)20-15-32(13-12-31(20)3)18-10-11-21(36-26(27)28)22(14-18)35-16-17-8-9-17;;/h5-7,10-11,14,17,20,26H,4,8-9,12-13,15-16H2,1-3H3;2*1H. The second kappa shape index (κ2) is 14.5. The van der Waals surface area contributed by atoms with E-state index in [2.05, 4.69) is 9.72 Å². The maximum absolute atomic E-state index is 13.1. The number of hydrogen-bond donors (Lipinski definition) is 0. The summed E-state index contributed by atoms with van der Waals surface area (Å²) in [7, 11) is 3.50. The molecule has 0 radical (unpaired) electrons. The number of aromatic nitrogens is 1. The number of halogens is 4. The Hall–Kier alpha value is -2.89. The Bertz CT molecular complexity index is 1130. The lowest BCUT2D eigenvalue weighted by atomic mass is 10.1. The molecule has 1 amide bonds. The van der Waals surface area contributed by atoms with Gasteiger partial charge in [0.25, 0.3) is 5.91 Å². The van der Waals surface area contributed by atoms with Gasteiger partial charge >= 0.3 is 12.6 Å². The molecule has 1 atom stereocenters. The van der Waals surface area contributed by atoms with Gasteiger partial charge in [-0.3, -0.25) is 9.69 Å². The molecule has 0 bridgehead atoms. The van der Waals surface area contributed by atoms with Gasteiger partial charge in [0.05, 0.1) is 6.61 Å². The highest BCUT2D eigenvalue weighted by Crippen LogP contribution is 2.36. The average Bonchev–Trinajstić information content (AvgIpc) is 3.72. The first-order valence-corrected chi connectivity index (χ1v) is 12.4. The van der Waals surface area contributed by atoms with E-state index in [1.165, 1.54) is 17.0 Å². The largest absolute Gasteiger partial charge is 0.489 e. The lowest BCUT2D eigenvalue weighted by Gasteiger charge is -2.39. The van der Waals surface area contributed by atoms with Crippen molar-refractivity contribution in [2.75, 3.05) is 51.8 Å². The predicted octanol–water partition coefficient (Wildman–Crippen LogP) is 4.13. The number of piperazine rings is 1. The normalized spacial score (nSPS) is 17.1. The maximum Gasteiger partial charge on any atom is 0.387 e. The summed E-state index contributed by atoms with van der Waals surface area (Å²) < 4.78 is 41.8. The van der Waals surface area contributed by atoms with Crippen LogP contribution in [0.2, 0.25) is 0 Å². The predicted molar refractivity (Wildman–Crippen MR) is 147 cm³/mol. The van der Waals surface area contributed by atoms with Crippen molar-refractivity contribution in [1.82, 2.24) is 14.8 Å². The van der Waals surface area contributed by atoms with Crippen LogP contribution in [-0.2, 0) is 4.79 Å². The van der Waals surface area contributed by atoms with Crippen LogP contribution in [0.5, 0.6) is 17.4 Å². The number of esters is 1. The van der Waals surface area contributed by atoms with Crippen LogP contribution in [0, 0.1) is 5.92 Å². The number of amides is 1. The van der Waals surface area contributed by atoms with E-state index in [0.29, 0.717) is 38.7 Å². The molecule has 39 heavy (non-hydrogen) atoms. The molecule has 1 aromatic carbocycles. The van der Waals surface area contributed by atoms with Crippen LogP contribution in [0.1, 0.15) is 30.3 Å². The molecule has 1 saturated carbocycles. The third-order valence-electron chi connectivity index (χ3n) is 6.57. The number of anilines is 1. The summed E-state index contributed by atoms with van der Waals surface area (Å²) >= 11 is 0. The van der Waals surface area contributed by atoms with E-state index < -0.39 is 18.6 Å². The van der Waals surface area contributed by atoms with E-state index in [4.69, 9.17) is 9.47 Å². The SMILES string of the molecule is CCN(C)C(=O)c1cccc(OC(=O)C2CN(c3ccc(OC(F)F)c(OCC4CC4)c3)CCN2C)n1.Cl.Cl. The summed E-state index contributed by atoms with van der Waals surface area (Å²) in [4.78, 5) is 35.1. The molecule has 13 heteroatoms. The van der Waals surface area contributed by atoms with Gasteiger partial charge < -0.3 is 24.0 Å². The van der Waals surface area contributed by atoms with E-state index in [1.54, 1.807) is 31.3 Å². The van der Waals surface area contributed by atoms with Gasteiger partial charge in [0, 0.05) is 51.0 Å². The first-order chi connectivity index (χ1) is 17.7. The fourth-order valence-electron chi connectivity index (χ4n) is 3.96. The zero-order valence-electron chi connectivity index (χ0n) is 22.0. The molecule has 2 fully saturated rings. The number of alkyl halides is 2. The van der Waals surface area contributed by atoms with E-state index in [-0.39, 0.29) is 53.8 Å². The second-order valence-electron chi connectivity index (χ2n) is 9.31. The van der Waals surface area contributed by atoms with Gasteiger partial charge in [0.2, 0.25) is 5.88 Å². The summed E-state index contributed by atoms with van der Waals surface area (Å²) in [5, 5.41) is 0. The third-order valence-corrected chi connectivity index (χ3v) is 6.57. The summed E-state index contributed by atoms with van der Waals surface area (Å²) in [6, 6.07) is 8.94. The first kappa shape index (κ1) is 32.3. The van der Waals surface area contributed by atoms with Crippen LogP contribution in [-0.4, -0.2) is 86.2 Å². The van der Waals surface area contributed by atoms with Gasteiger partial charge in [-0.1, -0.05) is 6.07 Å². The monoisotopic (exact) mass is 590 g/mol. The van der Waals surface area contributed by atoms with Crippen LogP contribution in [0.3, 0.4) is 0 Å². The molecule has 1 aliphatic carbocycles. The number of pyridine rings is 1. The number of carbonyl (C=O) groups excluding carboxylic acids is 2. The Morgan fingerprint density at radius 3 is 2.54 bits per heavy atom. The molecule has 2 aliphatic rings. The number of benzene rings is 1. The summed E-state index contributed by atoms with van der Waals surface area (Å²) in [5.74, 6) is -0.0358. The molecule has 2 aromatic rings. The fraction of sp³-hybridized carbons (Fsp3) is 0.500. The van der Waals surface area contributed by atoms with Crippen molar-refractivity contribution in [3.63, 3.8) is 0 Å². The van der Waals surface area contributed by atoms with Gasteiger partial charge in [0.15, 0.2) is 11.5 Å². The Morgan fingerprint density at radius 1 is 1.13 bits per heavy atom. The van der Waals surface area contributed by atoms with Crippen molar-refractivity contribution in [3.8, 4) is 17.4 Å². The Kier molecular flexibility index (Phi) is 12.0. The first-order valence-electron chi connectivity index (χ1n) is 12.4. The van der Waals surface area contributed by atoms with Crippen LogP contribution < -0.4 is 19.1 Å². The third kappa shape index (κ3) is 8.55. The highest BCUT2D eigenvalue weighted by molar-refractivity contribution is 5.92. The highest BCUT2D eigenvalue weighted by atomic mass is 35.5. The van der Waals surface area contributed by atoms with Crippen LogP contribution in [0.25, 0.3) is 0 Å². The lowest BCUT2D eigenvalue weighted by molar-refractivity contribution is -0.140. The molecule has 0 N–H and O–H groups in total. The van der Waals surface area contributed by atoms with Gasteiger partial charge in [0.1, 0.15) is 11.7 Å². The Labute approximate surface area is 239 Å². The molecular weight excluding hydrogens is 557 g/mol. The Morgan fingerprint density at radius 2 is 1.87 bits per heavy atom. The van der Waals surface area contributed by atoms with Gasteiger partial charge in [-0.2, -0.15) is 8.78 Å². The maximum atomic E-state index is 13.1. The smallest absolute Gasteiger partial charge is 0.387 e. The zero-order chi connectivity index (χ0) is 26.5. The van der Waals surface area contributed by atoms with Gasteiger partial charge in [-0.15, -0.1) is 24.8 Å². The van der Waals surface area contributed by atoms with Crippen molar-refractivity contribution in [2.45, 2.75) is 32.4 Å². The Balaban J connectivity index is 0.00000267. The number of ether oxygens (including phenoxy) is 3. The van der Waals surface area contributed by atoms with Crippen molar-refractivity contribution in [3.05, 3.63) is 42.1 Å². The number of carbonyl (C=O) groups is 2. The molecule has 0 spiro atoms. The van der Waals surface area contributed by atoms with Crippen LogP contribution in [0.4, 0.5) is 14.5 Å². The van der Waals surface area contributed by atoms with Crippen molar-refractivity contribution < 1.29 is 32.6 Å². The van der Waals surface area contributed by atoms with Gasteiger partial charge in [-0.05, 0) is 50.9 Å². The summed E-state index contributed by atoms with van der Waals surface area (Å²) in [6.45, 7) is 1.36. The van der Waals surface area contributed by atoms with Crippen LogP contribution in [0.15, 0.2) is 36.4 Å². The molecule has 1 aromatic heterocycles.